The molecular weight excluding hydrogens is 304 g/mol. The summed E-state index contributed by atoms with van der Waals surface area (Å²) < 4.78 is 2.02. The molecular formula is C18H28N4O2. The number of aryl methyl sites for hydroxylation is 2. The minimum atomic E-state index is -0.168. The van der Waals surface area contributed by atoms with E-state index in [4.69, 9.17) is 0 Å². The van der Waals surface area contributed by atoms with Crippen LogP contribution in [0.4, 0.5) is 0 Å². The van der Waals surface area contributed by atoms with E-state index < -0.39 is 0 Å². The zero-order chi connectivity index (χ0) is 17.3. The fraction of sp³-hybridized carbons (Fsp3) is 0.722. The fourth-order valence-electron chi connectivity index (χ4n) is 4.02. The van der Waals surface area contributed by atoms with Crippen LogP contribution in [0.1, 0.15) is 44.0 Å². The van der Waals surface area contributed by atoms with Crippen LogP contribution in [0.15, 0.2) is 6.07 Å². The minimum Gasteiger partial charge on any atom is -0.342 e. The normalized spacial score (nSPS) is 24.7. The van der Waals surface area contributed by atoms with Crippen LogP contribution in [0, 0.1) is 19.8 Å². The summed E-state index contributed by atoms with van der Waals surface area (Å²) in [7, 11) is 0. The highest BCUT2D eigenvalue weighted by atomic mass is 16.2. The summed E-state index contributed by atoms with van der Waals surface area (Å²) in [6.45, 7) is 8.86. The molecule has 2 saturated heterocycles. The van der Waals surface area contributed by atoms with Crippen LogP contribution < -0.4 is 0 Å². The highest BCUT2D eigenvalue weighted by Gasteiger charge is 2.38. The molecule has 2 aliphatic rings. The Labute approximate surface area is 143 Å². The standard InChI is InChI=1S/C18H28N4O2/c1-4-20-11-15(10-17(20)23)18(24)21-8-6-5-7-16(21)12-22-14(3)9-13(2)19-22/h9,15-16H,4-8,10-12H2,1-3H3/t15-,16+/m1/s1. The molecule has 6 heteroatoms. The number of piperidine rings is 1. The molecule has 1 aromatic rings. The van der Waals surface area contributed by atoms with Gasteiger partial charge in [0.1, 0.15) is 0 Å². The molecule has 6 nitrogen and oxygen atoms in total. The Bertz CT molecular complexity index is 625. The van der Waals surface area contributed by atoms with Crippen LogP contribution >= 0.6 is 0 Å². The minimum absolute atomic E-state index is 0.114. The van der Waals surface area contributed by atoms with Gasteiger partial charge in [0, 0.05) is 31.7 Å². The molecule has 3 rings (SSSR count). The molecule has 1 aromatic heterocycles. The van der Waals surface area contributed by atoms with E-state index in [1.807, 2.05) is 23.4 Å². The van der Waals surface area contributed by atoms with E-state index in [2.05, 4.69) is 18.1 Å². The lowest BCUT2D eigenvalue weighted by Crippen LogP contribution is -2.48. The Morgan fingerprint density at radius 2 is 2.12 bits per heavy atom. The predicted molar refractivity (Wildman–Crippen MR) is 91.4 cm³/mol. The van der Waals surface area contributed by atoms with Crippen LogP contribution in [-0.2, 0) is 16.1 Å². The van der Waals surface area contributed by atoms with Gasteiger partial charge in [0.25, 0.3) is 0 Å². The molecule has 0 aromatic carbocycles. The second-order valence-electron chi connectivity index (χ2n) is 7.12. The molecule has 132 valence electrons. The molecule has 2 aliphatic heterocycles. The van der Waals surface area contributed by atoms with Crippen molar-refractivity contribution in [1.29, 1.82) is 0 Å². The Kier molecular flexibility index (Phi) is 4.92. The molecule has 2 atom stereocenters. The molecule has 3 heterocycles. The Balaban J connectivity index is 1.71. The van der Waals surface area contributed by atoms with E-state index in [0.717, 1.165) is 43.7 Å². The highest BCUT2D eigenvalue weighted by molar-refractivity contribution is 5.89. The van der Waals surface area contributed by atoms with Crippen molar-refractivity contribution in [2.24, 2.45) is 5.92 Å². The average molecular weight is 332 g/mol. The Morgan fingerprint density at radius 3 is 2.75 bits per heavy atom. The quantitative estimate of drug-likeness (QED) is 0.844. The number of carbonyl (C=O) groups excluding carboxylic acids is 2. The Morgan fingerprint density at radius 1 is 1.33 bits per heavy atom. The van der Waals surface area contributed by atoms with E-state index in [0.29, 0.717) is 19.5 Å². The van der Waals surface area contributed by atoms with Gasteiger partial charge in [-0.3, -0.25) is 14.3 Å². The van der Waals surface area contributed by atoms with Crippen molar-refractivity contribution >= 4 is 11.8 Å². The summed E-state index contributed by atoms with van der Waals surface area (Å²) in [4.78, 5) is 28.8. The van der Waals surface area contributed by atoms with Crippen LogP contribution in [-0.4, -0.2) is 57.1 Å². The summed E-state index contributed by atoms with van der Waals surface area (Å²) in [6, 6.07) is 2.26. The van der Waals surface area contributed by atoms with Crippen molar-refractivity contribution in [2.75, 3.05) is 19.6 Å². The van der Waals surface area contributed by atoms with E-state index in [9.17, 15) is 9.59 Å². The first-order chi connectivity index (χ1) is 11.5. The third-order valence-corrected chi connectivity index (χ3v) is 5.34. The van der Waals surface area contributed by atoms with Crippen molar-refractivity contribution in [2.45, 2.75) is 59.0 Å². The van der Waals surface area contributed by atoms with Crippen LogP contribution in [0.3, 0.4) is 0 Å². The van der Waals surface area contributed by atoms with Gasteiger partial charge in [0.05, 0.1) is 24.2 Å². The predicted octanol–water partition coefficient (Wildman–Crippen LogP) is 1.75. The lowest BCUT2D eigenvalue weighted by molar-refractivity contribution is -0.139. The highest BCUT2D eigenvalue weighted by Crippen LogP contribution is 2.26. The fourth-order valence-corrected chi connectivity index (χ4v) is 4.02. The van der Waals surface area contributed by atoms with E-state index >= 15 is 0 Å². The molecule has 0 spiro atoms. The summed E-state index contributed by atoms with van der Waals surface area (Å²) in [5.74, 6) is 0.104. The third kappa shape index (κ3) is 3.32. The maximum absolute atomic E-state index is 13.0. The first kappa shape index (κ1) is 17.0. The molecule has 0 bridgehead atoms. The van der Waals surface area contributed by atoms with Gasteiger partial charge in [-0.2, -0.15) is 5.10 Å². The molecule has 24 heavy (non-hydrogen) atoms. The summed E-state index contributed by atoms with van der Waals surface area (Å²) in [6.07, 6.45) is 3.59. The molecule has 0 unspecified atom stereocenters. The lowest BCUT2D eigenvalue weighted by Gasteiger charge is -2.37. The van der Waals surface area contributed by atoms with Gasteiger partial charge in [-0.25, -0.2) is 0 Å². The summed E-state index contributed by atoms with van der Waals surface area (Å²) in [5.41, 5.74) is 2.15. The van der Waals surface area contributed by atoms with Crippen LogP contribution in [0.2, 0.25) is 0 Å². The third-order valence-electron chi connectivity index (χ3n) is 5.34. The molecule has 2 fully saturated rings. The van der Waals surface area contributed by atoms with Crippen LogP contribution in [0.25, 0.3) is 0 Å². The first-order valence-electron chi connectivity index (χ1n) is 9.09. The largest absolute Gasteiger partial charge is 0.342 e. The van der Waals surface area contributed by atoms with Gasteiger partial charge in [0.2, 0.25) is 11.8 Å². The second kappa shape index (κ2) is 6.95. The zero-order valence-electron chi connectivity index (χ0n) is 15.0. The number of rotatable bonds is 4. The molecule has 0 N–H and O–H groups in total. The van der Waals surface area contributed by atoms with Crippen molar-refractivity contribution in [3.8, 4) is 0 Å². The maximum atomic E-state index is 13.0. The molecule has 2 amide bonds. The molecule has 0 saturated carbocycles. The van der Waals surface area contributed by atoms with Gasteiger partial charge in [-0.05, 0) is 46.1 Å². The SMILES string of the molecule is CCN1C[C@H](C(=O)N2CCCC[C@H]2Cn2nc(C)cc2C)CC1=O. The van der Waals surface area contributed by atoms with Crippen LogP contribution in [0.5, 0.6) is 0 Å². The first-order valence-corrected chi connectivity index (χ1v) is 9.09. The molecule has 0 radical (unpaired) electrons. The van der Waals surface area contributed by atoms with E-state index in [1.165, 1.54) is 0 Å². The number of hydrogen-bond donors (Lipinski definition) is 0. The Hall–Kier alpha value is -1.85. The van der Waals surface area contributed by atoms with Gasteiger partial charge < -0.3 is 9.80 Å². The lowest BCUT2D eigenvalue weighted by atomic mass is 9.98. The van der Waals surface area contributed by atoms with Gasteiger partial charge in [-0.1, -0.05) is 0 Å². The van der Waals surface area contributed by atoms with Gasteiger partial charge >= 0.3 is 0 Å². The topological polar surface area (TPSA) is 58.4 Å². The number of likely N-dealkylation sites (tertiary alicyclic amines) is 2. The zero-order valence-corrected chi connectivity index (χ0v) is 15.0. The van der Waals surface area contributed by atoms with E-state index in [1.54, 1.807) is 4.90 Å². The maximum Gasteiger partial charge on any atom is 0.228 e. The number of amides is 2. The number of aromatic nitrogens is 2. The summed E-state index contributed by atoms with van der Waals surface area (Å²) in [5, 5.41) is 4.55. The second-order valence-corrected chi connectivity index (χ2v) is 7.12. The smallest absolute Gasteiger partial charge is 0.228 e. The van der Waals surface area contributed by atoms with E-state index in [-0.39, 0.29) is 23.8 Å². The van der Waals surface area contributed by atoms with Crippen molar-refractivity contribution in [1.82, 2.24) is 19.6 Å². The summed E-state index contributed by atoms with van der Waals surface area (Å²) >= 11 is 0. The molecule has 0 aliphatic carbocycles. The average Bonchev–Trinajstić information content (AvgIpc) is 3.09. The van der Waals surface area contributed by atoms with Crippen molar-refractivity contribution < 1.29 is 9.59 Å². The number of nitrogens with zero attached hydrogens (tertiary/aromatic N) is 4. The monoisotopic (exact) mass is 332 g/mol. The number of hydrogen-bond acceptors (Lipinski definition) is 3. The van der Waals surface area contributed by atoms with Gasteiger partial charge in [0.15, 0.2) is 0 Å². The van der Waals surface area contributed by atoms with Crippen molar-refractivity contribution in [3.63, 3.8) is 0 Å². The van der Waals surface area contributed by atoms with Gasteiger partial charge in [-0.15, -0.1) is 0 Å². The number of carbonyl (C=O) groups is 2. The van der Waals surface area contributed by atoms with Crippen molar-refractivity contribution in [3.05, 3.63) is 17.5 Å².